The Labute approximate surface area is 321 Å². The van der Waals surface area contributed by atoms with E-state index in [2.05, 4.69) is 14.9 Å². The SMILES string of the molecule is CC.CC.COc1nc(-c2cc(O)cc3cccc(F)c23)c(F)c2nc(OCC34CCCN(C5CCOCC5)C3(O)CCC4)nc(N3CCOCC(O)C3)c12. The quantitative estimate of drug-likeness (QED) is 0.187. The third-order valence-corrected chi connectivity index (χ3v) is 11.3. The molecule has 55 heavy (non-hydrogen) atoms. The van der Waals surface area contributed by atoms with E-state index < -0.39 is 28.9 Å². The first-order valence-electron chi connectivity index (χ1n) is 19.8. The van der Waals surface area contributed by atoms with Gasteiger partial charge < -0.3 is 39.2 Å². The largest absolute Gasteiger partial charge is 0.508 e. The molecule has 1 saturated carbocycles. The van der Waals surface area contributed by atoms with Gasteiger partial charge in [-0.25, -0.2) is 13.8 Å². The van der Waals surface area contributed by atoms with Crippen molar-refractivity contribution in [2.75, 3.05) is 64.7 Å². The van der Waals surface area contributed by atoms with Crippen LogP contribution in [0.5, 0.6) is 17.6 Å². The van der Waals surface area contributed by atoms with Crippen molar-refractivity contribution in [1.29, 1.82) is 0 Å². The van der Waals surface area contributed by atoms with Gasteiger partial charge in [-0.1, -0.05) is 39.8 Å². The molecule has 3 aliphatic heterocycles. The second kappa shape index (κ2) is 17.5. The van der Waals surface area contributed by atoms with Crippen LogP contribution >= 0.6 is 0 Å². The van der Waals surface area contributed by atoms with Gasteiger partial charge >= 0.3 is 6.01 Å². The standard InChI is InChI=1S/C37H43F2N5O7.2C2H6/c1-48-34-29-32(30(39)31(40-34)26-18-24(45)17-22-5-2-6-27(38)28(22)26)41-35(42-33(29)43-13-16-50-20-25(46)19-43)51-21-36-9-3-11-37(36,47)44(12-4-10-36)23-7-14-49-15-8-23;2*1-2/h2,5-6,17-18,23,25,45-47H,3-4,7-16,19-21H2,1H3;2*1-2H3. The fourth-order valence-electron chi connectivity index (χ4n) is 8.89. The molecule has 4 fully saturated rings. The number of ether oxygens (including phenoxy) is 4. The van der Waals surface area contributed by atoms with Crippen molar-refractivity contribution < 1.29 is 43.0 Å². The molecule has 0 spiro atoms. The summed E-state index contributed by atoms with van der Waals surface area (Å²) in [5.41, 5.74) is -2.11. The number of hydrogen-bond acceptors (Lipinski definition) is 12. The Hall–Kier alpha value is -3.95. The van der Waals surface area contributed by atoms with Gasteiger partial charge in [-0.3, -0.25) is 4.90 Å². The van der Waals surface area contributed by atoms with E-state index in [1.165, 1.54) is 31.4 Å². The smallest absolute Gasteiger partial charge is 0.319 e. The molecule has 2 aromatic heterocycles. The number of hydrogen-bond donors (Lipinski definition) is 3. The fourth-order valence-corrected chi connectivity index (χ4v) is 8.89. The Morgan fingerprint density at radius 1 is 0.927 bits per heavy atom. The highest BCUT2D eigenvalue weighted by atomic mass is 19.1. The van der Waals surface area contributed by atoms with E-state index in [0.717, 1.165) is 45.1 Å². The predicted octanol–water partition coefficient (Wildman–Crippen LogP) is 6.60. The normalized spacial score (nSPS) is 24.7. The molecule has 0 radical (unpaired) electrons. The Morgan fingerprint density at radius 2 is 1.69 bits per heavy atom. The minimum absolute atomic E-state index is 0.0207. The number of β-amino-alcohol motifs (C(OH)–C–C–N with tert-alkyl or cyclic N) is 1. The minimum atomic E-state index is -1.08. The monoisotopic (exact) mass is 767 g/mol. The zero-order valence-electron chi connectivity index (χ0n) is 32.6. The number of piperidine rings is 1. The molecule has 4 aliphatic rings. The van der Waals surface area contributed by atoms with Gasteiger partial charge in [-0.05, 0) is 68.5 Å². The van der Waals surface area contributed by atoms with Gasteiger partial charge in [-0.2, -0.15) is 9.97 Å². The lowest BCUT2D eigenvalue weighted by molar-refractivity contribution is -0.230. The summed E-state index contributed by atoms with van der Waals surface area (Å²) in [6, 6.07) is 7.15. The number of pyridine rings is 1. The van der Waals surface area contributed by atoms with Crippen LogP contribution in [0.15, 0.2) is 30.3 Å². The molecule has 5 heterocycles. The first kappa shape index (κ1) is 40.7. The second-order valence-electron chi connectivity index (χ2n) is 14.2. The number of rotatable bonds is 7. The number of benzene rings is 2. The Bertz CT molecular complexity index is 1950. The van der Waals surface area contributed by atoms with Crippen molar-refractivity contribution in [3.05, 3.63) is 42.0 Å². The molecule has 300 valence electrons. The Kier molecular flexibility index (Phi) is 12.9. The van der Waals surface area contributed by atoms with Crippen LogP contribution in [-0.2, 0) is 9.47 Å². The molecule has 3 saturated heterocycles. The molecule has 12 nitrogen and oxygen atoms in total. The third kappa shape index (κ3) is 7.63. The number of anilines is 1. The van der Waals surface area contributed by atoms with E-state index in [-0.39, 0.29) is 83.4 Å². The highest BCUT2D eigenvalue weighted by Crippen LogP contribution is 2.55. The number of likely N-dealkylation sites (tertiary alicyclic amines) is 1. The van der Waals surface area contributed by atoms with Crippen molar-refractivity contribution in [3.63, 3.8) is 0 Å². The van der Waals surface area contributed by atoms with Crippen molar-refractivity contribution >= 4 is 27.5 Å². The van der Waals surface area contributed by atoms with Crippen LogP contribution in [0, 0.1) is 17.0 Å². The van der Waals surface area contributed by atoms with Gasteiger partial charge in [-0.15, -0.1) is 0 Å². The van der Waals surface area contributed by atoms with Crippen molar-refractivity contribution in [2.45, 2.75) is 90.5 Å². The lowest BCUT2D eigenvalue weighted by Crippen LogP contribution is -2.65. The molecule has 2 aromatic carbocycles. The molecule has 3 atom stereocenters. The first-order valence-corrected chi connectivity index (χ1v) is 19.8. The van der Waals surface area contributed by atoms with Crippen molar-refractivity contribution in [3.8, 4) is 28.9 Å². The number of fused-ring (bicyclic) bond motifs is 3. The zero-order valence-corrected chi connectivity index (χ0v) is 32.6. The van der Waals surface area contributed by atoms with Gasteiger partial charge in [0.15, 0.2) is 5.82 Å². The lowest BCUT2D eigenvalue weighted by Gasteiger charge is -2.55. The Morgan fingerprint density at radius 3 is 2.45 bits per heavy atom. The molecule has 0 amide bonds. The molecule has 1 aliphatic carbocycles. The highest BCUT2D eigenvalue weighted by molar-refractivity contribution is 6.02. The van der Waals surface area contributed by atoms with E-state index in [9.17, 15) is 15.3 Å². The average molecular weight is 768 g/mol. The summed E-state index contributed by atoms with van der Waals surface area (Å²) in [7, 11) is 1.38. The number of aromatic nitrogens is 3. The van der Waals surface area contributed by atoms with Crippen molar-refractivity contribution in [1.82, 2.24) is 19.9 Å². The van der Waals surface area contributed by atoms with Gasteiger partial charge in [0.25, 0.3) is 0 Å². The molecule has 3 N–H and O–H groups in total. The van der Waals surface area contributed by atoms with Gasteiger partial charge in [0.2, 0.25) is 5.88 Å². The summed E-state index contributed by atoms with van der Waals surface area (Å²) >= 11 is 0. The summed E-state index contributed by atoms with van der Waals surface area (Å²) in [5, 5.41) is 34.2. The van der Waals surface area contributed by atoms with E-state index in [4.69, 9.17) is 23.9 Å². The first-order chi connectivity index (χ1) is 26.7. The maximum Gasteiger partial charge on any atom is 0.319 e. The van der Waals surface area contributed by atoms with E-state index in [1.807, 2.05) is 27.7 Å². The minimum Gasteiger partial charge on any atom is -0.508 e. The van der Waals surface area contributed by atoms with Crippen LogP contribution in [0.3, 0.4) is 0 Å². The number of nitrogens with zero attached hydrogens (tertiary/aromatic N) is 5. The molecule has 4 aromatic rings. The van der Waals surface area contributed by atoms with Crippen LogP contribution in [0.1, 0.15) is 72.6 Å². The van der Waals surface area contributed by atoms with E-state index in [0.29, 0.717) is 31.6 Å². The fraction of sp³-hybridized carbons (Fsp3) is 0.585. The van der Waals surface area contributed by atoms with Crippen molar-refractivity contribution in [2.24, 2.45) is 5.41 Å². The predicted molar refractivity (Wildman–Crippen MR) is 207 cm³/mol. The maximum absolute atomic E-state index is 17.1. The third-order valence-electron chi connectivity index (χ3n) is 11.3. The van der Waals surface area contributed by atoms with Gasteiger partial charge in [0.1, 0.15) is 46.3 Å². The number of phenols is 1. The van der Waals surface area contributed by atoms with Gasteiger partial charge in [0, 0.05) is 55.3 Å². The summed E-state index contributed by atoms with van der Waals surface area (Å²) in [5.74, 6) is -1.49. The molecule has 3 unspecified atom stereocenters. The average Bonchev–Trinajstić information content (AvgIpc) is 3.41. The highest BCUT2D eigenvalue weighted by Gasteiger charge is 2.60. The van der Waals surface area contributed by atoms with E-state index >= 15 is 8.78 Å². The number of aliphatic hydroxyl groups is 2. The number of phenolic OH excluding ortho intramolecular Hbond substituents is 1. The van der Waals surface area contributed by atoms with E-state index in [1.54, 1.807) is 11.0 Å². The van der Waals surface area contributed by atoms with Crippen LogP contribution in [0.25, 0.3) is 32.9 Å². The Balaban J connectivity index is 0.00000125. The molecular formula is C41H55F2N5O7. The number of halogens is 2. The van der Waals surface area contributed by atoms with Crippen LogP contribution in [0.2, 0.25) is 0 Å². The molecule has 0 bridgehead atoms. The number of aromatic hydroxyl groups is 1. The maximum atomic E-state index is 17.1. The van der Waals surface area contributed by atoms with Crippen LogP contribution in [-0.4, -0.2) is 113 Å². The number of methoxy groups -OCH3 is 1. The summed E-state index contributed by atoms with van der Waals surface area (Å²) in [4.78, 5) is 17.9. The second-order valence-corrected chi connectivity index (χ2v) is 14.2. The van der Waals surface area contributed by atoms with Gasteiger partial charge in [0.05, 0.1) is 26.4 Å². The summed E-state index contributed by atoms with van der Waals surface area (Å²) in [6.45, 7) is 11.1. The topological polar surface area (TPSA) is 143 Å². The van der Waals surface area contributed by atoms with Crippen LogP contribution in [0.4, 0.5) is 14.6 Å². The molecule has 14 heteroatoms. The zero-order chi connectivity index (χ0) is 39.3. The summed E-state index contributed by atoms with van der Waals surface area (Å²) in [6.07, 6.45) is 4.74. The number of aliphatic hydroxyl groups excluding tert-OH is 1. The molecule has 8 rings (SSSR count). The molecular weight excluding hydrogens is 712 g/mol. The van der Waals surface area contributed by atoms with Crippen LogP contribution < -0.4 is 14.4 Å². The summed E-state index contributed by atoms with van der Waals surface area (Å²) < 4.78 is 55.7. The lowest BCUT2D eigenvalue weighted by atomic mass is 9.72.